The molecule has 1 fully saturated rings. The molecule has 10 nitrogen and oxygen atoms in total. The van der Waals surface area contributed by atoms with Crippen LogP contribution in [0.5, 0.6) is 0 Å². The normalized spacial score (nSPS) is 14.3. The summed E-state index contributed by atoms with van der Waals surface area (Å²) in [5, 5.41) is 6.56. The molecule has 30 heavy (non-hydrogen) atoms. The Morgan fingerprint density at radius 1 is 1.07 bits per heavy atom. The maximum Gasteiger partial charge on any atom is 0.252 e. The summed E-state index contributed by atoms with van der Waals surface area (Å²) in [4.78, 5) is 30.6. The number of pyridine rings is 2. The summed E-state index contributed by atoms with van der Waals surface area (Å²) in [6.07, 6.45) is 8.16. The lowest BCUT2D eigenvalue weighted by Gasteiger charge is -2.34. The third kappa shape index (κ3) is 4.54. The van der Waals surface area contributed by atoms with Crippen molar-refractivity contribution in [2.75, 3.05) is 34.4 Å². The fourth-order valence-electron chi connectivity index (χ4n) is 3.42. The Kier molecular flexibility index (Phi) is 5.55. The first kappa shape index (κ1) is 19.4. The lowest BCUT2D eigenvalue weighted by molar-refractivity contribution is 0.100. The molecule has 0 aliphatic carbocycles. The first-order valence-electron chi connectivity index (χ1n) is 9.64. The number of nitrogen functional groups attached to an aromatic ring is 1. The summed E-state index contributed by atoms with van der Waals surface area (Å²) in [5.41, 5.74) is 13.3. The summed E-state index contributed by atoms with van der Waals surface area (Å²) in [5.74, 6) is 1.16. The van der Waals surface area contributed by atoms with Crippen molar-refractivity contribution < 1.29 is 4.79 Å². The maximum atomic E-state index is 11.9. The van der Waals surface area contributed by atoms with E-state index in [1.807, 2.05) is 12.1 Å². The number of hydrogen-bond donors (Lipinski definition) is 4. The van der Waals surface area contributed by atoms with Gasteiger partial charge in [0, 0.05) is 37.6 Å². The minimum atomic E-state index is -0.524. The Hall–Kier alpha value is -3.95. The fourth-order valence-corrected chi connectivity index (χ4v) is 3.42. The largest absolute Gasteiger partial charge is 0.384 e. The lowest BCUT2D eigenvalue weighted by Crippen LogP contribution is -2.39. The van der Waals surface area contributed by atoms with Gasteiger partial charge in [0.2, 0.25) is 0 Å². The monoisotopic (exact) mass is 405 g/mol. The van der Waals surface area contributed by atoms with Gasteiger partial charge in [-0.05, 0) is 31.0 Å². The second-order valence-corrected chi connectivity index (χ2v) is 7.05. The molecule has 0 saturated carbocycles. The molecule has 6 N–H and O–H groups in total. The quantitative estimate of drug-likeness (QED) is 0.481. The van der Waals surface area contributed by atoms with E-state index in [0.29, 0.717) is 28.7 Å². The van der Waals surface area contributed by atoms with Crippen LogP contribution in [-0.4, -0.2) is 45.0 Å². The van der Waals surface area contributed by atoms with Crippen LogP contribution < -0.4 is 27.0 Å². The molecule has 1 aliphatic rings. The number of nitrogens with two attached hydrogens (primary N) is 2. The number of carbonyl (C=O) groups excluding carboxylic acids is 1. The van der Waals surface area contributed by atoms with E-state index in [1.54, 1.807) is 24.5 Å². The second-order valence-electron chi connectivity index (χ2n) is 7.05. The molecule has 154 valence electrons. The molecule has 0 unspecified atom stereocenters. The average molecular weight is 405 g/mol. The van der Waals surface area contributed by atoms with Gasteiger partial charge in [-0.1, -0.05) is 0 Å². The van der Waals surface area contributed by atoms with Crippen molar-refractivity contribution in [3.63, 3.8) is 0 Å². The van der Waals surface area contributed by atoms with Crippen LogP contribution in [0.2, 0.25) is 0 Å². The Balaban J connectivity index is 1.44. The van der Waals surface area contributed by atoms with E-state index in [4.69, 9.17) is 11.5 Å². The molecular weight excluding hydrogens is 382 g/mol. The van der Waals surface area contributed by atoms with Gasteiger partial charge in [0.15, 0.2) is 0 Å². The number of rotatable bonds is 6. The third-order valence-electron chi connectivity index (χ3n) is 5.00. The number of amides is 1. The van der Waals surface area contributed by atoms with E-state index in [9.17, 15) is 4.79 Å². The van der Waals surface area contributed by atoms with Crippen LogP contribution in [0.1, 0.15) is 23.2 Å². The summed E-state index contributed by atoms with van der Waals surface area (Å²) in [6.45, 7) is 1.73. The van der Waals surface area contributed by atoms with Gasteiger partial charge < -0.3 is 27.0 Å². The Labute approximate surface area is 173 Å². The van der Waals surface area contributed by atoms with Crippen molar-refractivity contribution in [2.45, 2.75) is 18.9 Å². The van der Waals surface area contributed by atoms with Crippen molar-refractivity contribution in [1.82, 2.24) is 19.9 Å². The molecule has 4 rings (SSSR count). The average Bonchev–Trinajstić information content (AvgIpc) is 2.76. The van der Waals surface area contributed by atoms with Crippen molar-refractivity contribution in [2.24, 2.45) is 5.73 Å². The van der Waals surface area contributed by atoms with E-state index in [2.05, 4.69) is 35.5 Å². The number of carbonyl (C=O) groups is 1. The predicted molar refractivity (Wildman–Crippen MR) is 116 cm³/mol. The number of anilines is 5. The van der Waals surface area contributed by atoms with E-state index in [1.165, 1.54) is 12.5 Å². The van der Waals surface area contributed by atoms with Crippen LogP contribution in [-0.2, 0) is 0 Å². The molecule has 0 spiro atoms. The van der Waals surface area contributed by atoms with Gasteiger partial charge in [-0.25, -0.2) is 19.9 Å². The molecule has 0 atom stereocenters. The summed E-state index contributed by atoms with van der Waals surface area (Å²) in [7, 11) is 0. The molecule has 0 aromatic carbocycles. The Bertz CT molecular complexity index is 1000. The van der Waals surface area contributed by atoms with Gasteiger partial charge in [-0.3, -0.25) is 4.79 Å². The van der Waals surface area contributed by atoms with Gasteiger partial charge in [0.1, 0.15) is 23.8 Å². The van der Waals surface area contributed by atoms with E-state index in [0.717, 1.165) is 31.6 Å². The topological polar surface area (TPSA) is 148 Å². The molecule has 10 heteroatoms. The minimum absolute atomic E-state index is 0.204. The van der Waals surface area contributed by atoms with Crippen LogP contribution in [0.15, 0.2) is 49.2 Å². The number of primary amides is 1. The van der Waals surface area contributed by atoms with Crippen molar-refractivity contribution in [3.05, 3.63) is 54.7 Å². The van der Waals surface area contributed by atoms with Gasteiger partial charge >= 0.3 is 0 Å². The molecule has 4 heterocycles. The van der Waals surface area contributed by atoms with Crippen molar-refractivity contribution in [1.29, 1.82) is 0 Å². The maximum absolute atomic E-state index is 11.9. The van der Waals surface area contributed by atoms with Crippen LogP contribution in [0.25, 0.3) is 0 Å². The third-order valence-corrected chi connectivity index (χ3v) is 5.00. The fraction of sp³-hybridized carbons (Fsp3) is 0.250. The SMILES string of the molecule is NC(=O)c1cnc(Nc2ccncn2)cc1NC1CCN(c2ccc(N)nc2)CC1. The molecule has 1 amide bonds. The molecule has 0 radical (unpaired) electrons. The Morgan fingerprint density at radius 2 is 1.90 bits per heavy atom. The van der Waals surface area contributed by atoms with Crippen LogP contribution in [0.4, 0.5) is 28.8 Å². The lowest BCUT2D eigenvalue weighted by atomic mass is 10.0. The summed E-state index contributed by atoms with van der Waals surface area (Å²) >= 11 is 0. The zero-order valence-electron chi connectivity index (χ0n) is 16.3. The highest BCUT2D eigenvalue weighted by molar-refractivity contribution is 5.98. The van der Waals surface area contributed by atoms with Gasteiger partial charge in [-0.2, -0.15) is 0 Å². The Morgan fingerprint density at radius 3 is 2.57 bits per heavy atom. The van der Waals surface area contributed by atoms with E-state index in [-0.39, 0.29) is 6.04 Å². The molecular formula is C20H23N9O. The molecule has 1 saturated heterocycles. The van der Waals surface area contributed by atoms with E-state index < -0.39 is 5.91 Å². The molecule has 3 aromatic heterocycles. The zero-order valence-corrected chi connectivity index (χ0v) is 16.3. The van der Waals surface area contributed by atoms with E-state index >= 15 is 0 Å². The summed E-state index contributed by atoms with van der Waals surface area (Å²) in [6, 6.07) is 7.50. The van der Waals surface area contributed by atoms with Crippen LogP contribution in [0.3, 0.4) is 0 Å². The van der Waals surface area contributed by atoms with Crippen molar-refractivity contribution >= 4 is 34.7 Å². The number of nitrogens with one attached hydrogen (secondary N) is 2. The van der Waals surface area contributed by atoms with Crippen molar-refractivity contribution in [3.8, 4) is 0 Å². The molecule has 0 bridgehead atoms. The highest BCUT2D eigenvalue weighted by Crippen LogP contribution is 2.25. The number of aromatic nitrogens is 4. The summed E-state index contributed by atoms with van der Waals surface area (Å²) < 4.78 is 0. The highest BCUT2D eigenvalue weighted by atomic mass is 16.1. The standard InChI is InChI=1S/C20H23N9O/c21-17-2-1-14(10-24-17)29-7-4-13(5-8-29)27-16-9-19(25-11-15(16)20(22)30)28-18-3-6-23-12-26-18/h1-3,6,9-13H,4-5,7-8H2,(H2,21,24)(H2,22,30)(H2,23,25,26,27,28). The number of nitrogens with zero attached hydrogens (tertiary/aromatic N) is 5. The minimum Gasteiger partial charge on any atom is -0.384 e. The molecule has 1 aliphatic heterocycles. The highest BCUT2D eigenvalue weighted by Gasteiger charge is 2.21. The number of hydrogen-bond acceptors (Lipinski definition) is 9. The van der Waals surface area contributed by atoms with Crippen LogP contribution >= 0.6 is 0 Å². The first-order valence-corrected chi connectivity index (χ1v) is 9.64. The zero-order chi connectivity index (χ0) is 20.9. The van der Waals surface area contributed by atoms with Crippen LogP contribution in [0, 0.1) is 0 Å². The number of piperidine rings is 1. The first-order chi connectivity index (χ1) is 14.6. The van der Waals surface area contributed by atoms with Gasteiger partial charge in [-0.15, -0.1) is 0 Å². The smallest absolute Gasteiger partial charge is 0.252 e. The van der Waals surface area contributed by atoms with Gasteiger partial charge in [0.05, 0.1) is 23.1 Å². The molecule has 3 aromatic rings. The second kappa shape index (κ2) is 8.60. The predicted octanol–water partition coefficient (Wildman–Crippen LogP) is 1.77. The van der Waals surface area contributed by atoms with Gasteiger partial charge in [0.25, 0.3) is 5.91 Å².